The average molecular weight is 452 g/mol. The summed E-state index contributed by atoms with van der Waals surface area (Å²) < 4.78 is 5.63. The molecule has 1 fully saturated rings. The van der Waals surface area contributed by atoms with Gasteiger partial charge in [-0.25, -0.2) is 0 Å². The highest BCUT2D eigenvalue weighted by molar-refractivity contribution is 5.75. The van der Waals surface area contributed by atoms with Crippen molar-refractivity contribution in [1.82, 2.24) is 15.5 Å². The predicted molar refractivity (Wildman–Crippen MR) is 133 cm³/mol. The van der Waals surface area contributed by atoms with Crippen LogP contribution in [-0.2, 0) is 6.42 Å². The van der Waals surface area contributed by atoms with E-state index in [2.05, 4.69) is 35.6 Å². The molecular formula is C29H29N3O2. The normalized spacial score (nSPS) is 21.3. The minimum absolute atomic E-state index is 0.273. The zero-order chi connectivity index (χ0) is 23.2. The van der Waals surface area contributed by atoms with Gasteiger partial charge < -0.3 is 14.9 Å². The van der Waals surface area contributed by atoms with Gasteiger partial charge in [-0.15, -0.1) is 0 Å². The number of aryl methyl sites for hydroxylation is 2. The molecule has 1 atom stereocenters. The van der Waals surface area contributed by atoms with Crippen molar-refractivity contribution < 1.29 is 9.63 Å². The molecule has 0 radical (unpaired) electrons. The van der Waals surface area contributed by atoms with E-state index in [1.807, 2.05) is 43.3 Å². The van der Waals surface area contributed by atoms with Crippen molar-refractivity contribution >= 4 is 0 Å². The summed E-state index contributed by atoms with van der Waals surface area (Å²) in [6, 6.07) is 21.1. The lowest BCUT2D eigenvalue weighted by atomic mass is 9.81. The number of rotatable bonds is 5. The van der Waals surface area contributed by atoms with Crippen molar-refractivity contribution in [3.05, 3.63) is 77.4 Å². The number of hydrogen-bond acceptors (Lipinski definition) is 5. The van der Waals surface area contributed by atoms with Gasteiger partial charge in [0.1, 0.15) is 5.75 Å². The summed E-state index contributed by atoms with van der Waals surface area (Å²) in [4.78, 5) is 4.69. The van der Waals surface area contributed by atoms with Gasteiger partial charge >= 0.3 is 0 Å². The van der Waals surface area contributed by atoms with Crippen LogP contribution in [0.4, 0.5) is 0 Å². The van der Waals surface area contributed by atoms with Crippen LogP contribution in [0.5, 0.6) is 5.75 Å². The van der Waals surface area contributed by atoms with Crippen LogP contribution >= 0.6 is 0 Å². The second kappa shape index (κ2) is 8.41. The molecule has 0 saturated heterocycles. The van der Waals surface area contributed by atoms with E-state index in [1.54, 1.807) is 6.07 Å². The maximum atomic E-state index is 10.2. The Kier molecular flexibility index (Phi) is 5.22. The van der Waals surface area contributed by atoms with E-state index in [9.17, 15) is 5.11 Å². The van der Waals surface area contributed by atoms with E-state index in [1.165, 1.54) is 24.0 Å². The molecule has 1 saturated carbocycles. The van der Waals surface area contributed by atoms with Crippen molar-refractivity contribution in [2.24, 2.45) is 5.92 Å². The van der Waals surface area contributed by atoms with E-state index in [0.29, 0.717) is 23.8 Å². The number of phenolic OH excluding ortho intramolecular Hbond substituents is 1. The molecule has 2 aliphatic rings. The van der Waals surface area contributed by atoms with Crippen molar-refractivity contribution in [3.8, 4) is 39.7 Å². The van der Waals surface area contributed by atoms with Gasteiger partial charge in [0.05, 0.1) is 0 Å². The number of nitrogens with one attached hydrogen (secondary N) is 1. The second-order valence-electron chi connectivity index (χ2n) is 9.92. The van der Waals surface area contributed by atoms with Crippen molar-refractivity contribution in [2.75, 3.05) is 0 Å². The third-order valence-electron chi connectivity index (χ3n) is 7.38. The zero-order valence-corrected chi connectivity index (χ0v) is 19.6. The topological polar surface area (TPSA) is 71.2 Å². The molecule has 1 unspecified atom stereocenters. The van der Waals surface area contributed by atoms with Crippen LogP contribution in [0.15, 0.2) is 65.2 Å². The quantitative estimate of drug-likeness (QED) is 0.364. The first-order valence-electron chi connectivity index (χ1n) is 12.2. The van der Waals surface area contributed by atoms with E-state index >= 15 is 0 Å². The number of para-hydroxylation sites is 1. The highest BCUT2D eigenvalue weighted by Gasteiger charge is 2.31. The van der Waals surface area contributed by atoms with Gasteiger partial charge in [-0.3, -0.25) is 0 Å². The molecule has 1 heterocycles. The second-order valence-corrected chi connectivity index (χ2v) is 9.92. The Morgan fingerprint density at radius 1 is 0.971 bits per heavy atom. The van der Waals surface area contributed by atoms with Crippen molar-refractivity contribution in [1.29, 1.82) is 0 Å². The lowest BCUT2D eigenvalue weighted by Gasteiger charge is -2.36. The Morgan fingerprint density at radius 3 is 2.59 bits per heavy atom. The van der Waals surface area contributed by atoms with Gasteiger partial charge in [0.2, 0.25) is 5.82 Å². The zero-order valence-electron chi connectivity index (χ0n) is 19.6. The maximum Gasteiger partial charge on any atom is 0.258 e. The SMILES string of the molecule is Cc1cc(-c2nc(-c3ccc4c(c3)CCC4NC3CC(C)C3)no2)ccc1-c1ccccc1O. The highest BCUT2D eigenvalue weighted by Crippen LogP contribution is 2.37. The third-order valence-corrected chi connectivity index (χ3v) is 7.38. The molecule has 4 aromatic rings. The Balaban J connectivity index is 1.22. The number of nitrogens with zero attached hydrogens (tertiary/aromatic N) is 2. The fourth-order valence-corrected chi connectivity index (χ4v) is 5.51. The first-order valence-corrected chi connectivity index (χ1v) is 12.2. The number of aromatic nitrogens is 2. The van der Waals surface area contributed by atoms with Gasteiger partial charge in [-0.2, -0.15) is 4.98 Å². The molecular weight excluding hydrogens is 422 g/mol. The third kappa shape index (κ3) is 3.80. The maximum absolute atomic E-state index is 10.2. The number of phenols is 1. The van der Waals surface area contributed by atoms with E-state index < -0.39 is 0 Å². The van der Waals surface area contributed by atoms with Gasteiger partial charge in [0.25, 0.3) is 5.89 Å². The van der Waals surface area contributed by atoms with Gasteiger partial charge in [0, 0.05) is 28.8 Å². The lowest BCUT2D eigenvalue weighted by Crippen LogP contribution is -2.41. The number of fused-ring (bicyclic) bond motifs is 1. The minimum atomic E-state index is 0.273. The molecule has 34 heavy (non-hydrogen) atoms. The molecule has 0 amide bonds. The Morgan fingerprint density at radius 2 is 1.79 bits per heavy atom. The van der Waals surface area contributed by atoms with Crippen LogP contribution in [0, 0.1) is 12.8 Å². The summed E-state index contributed by atoms with van der Waals surface area (Å²) in [5.74, 6) is 2.25. The molecule has 172 valence electrons. The molecule has 0 spiro atoms. The van der Waals surface area contributed by atoms with Gasteiger partial charge in [-0.1, -0.05) is 48.5 Å². The molecule has 0 bridgehead atoms. The van der Waals surface area contributed by atoms with Gasteiger partial charge in [-0.05, 0) is 85.0 Å². The molecule has 5 nitrogen and oxygen atoms in total. The van der Waals surface area contributed by atoms with E-state index in [4.69, 9.17) is 9.51 Å². The number of aromatic hydroxyl groups is 1. The summed E-state index contributed by atoms with van der Waals surface area (Å²) >= 11 is 0. The van der Waals surface area contributed by atoms with Crippen LogP contribution in [-0.4, -0.2) is 21.3 Å². The monoisotopic (exact) mass is 451 g/mol. The summed E-state index contributed by atoms with van der Waals surface area (Å²) in [6.07, 6.45) is 4.83. The highest BCUT2D eigenvalue weighted by atomic mass is 16.5. The first-order chi connectivity index (χ1) is 16.5. The van der Waals surface area contributed by atoms with Gasteiger partial charge in [0.15, 0.2) is 0 Å². The Hall–Kier alpha value is -3.44. The summed E-state index contributed by atoms with van der Waals surface area (Å²) in [5, 5.41) is 18.3. The Bertz CT molecular complexity index is 1350. The van der Waals surface area contributed by atoms with Crippen molar-refractivity contribution in [3.63, 3.8) is 0 Å². The van der Waals surface area contributed by atoms with Crippen LogP contribution in [0.1, 0.15) is 48.9 Å². The summed E-state index contributed by atoms with van der Waals surface area (Å²) in [7, 11) is 0. The molecule has 1 aromatic heterocycles. The average Bonchev–Trinajstić information content (AvgIpc) is 3.46. The smallest absolute Gasteiger partial charge is 0.258 e. The van der Waals surface area contributed by atoms with Crippen LogP contribution < -0.4 is 5.32 Å². The van der Waals surface area contributed by atoms with Crippen LogP contribution in [0.2, 0.25) is 0 Å². The van der Waals surface area contributed by atoms with E-state index in [-0.39, 0.29) is 5.75 Å². The fourth-order valence-electron chi connectivity index (χ4n) is 5.51. The fraction of sp³-hybridized carbons (Fsp3) is 0.310. The largest absolute Gasteiger partial charge is 0.507 e. The molecule has 0 aliphatic heterocycles. The number of hydrogen-bond donors (Lipinski definition) is 2. The standard InChI is InChI=1S/C29H29N3O2/c1-17-13-22(14-17)30-26-12-9-19-16-20(7-11-24(19)26)28-31-29(34-32-28)21-8-10-23(18(2)15-21)25-5-3-4-6-27(25)33/h3-8,10-11,15-17,22,26,30,33H,9,12-14H2,1-2H3. The molecule has 6 rings (SSSR count). The molecule has 2 aliphatic carbocycles. The molecule has 2 N–H and O–H groups in total. The van der Waals surface area contributed by atoms with Crippen molar-refractivity contribution in [2.45, 2.75) is 51.6 Å². The number of benzene rings is 3. The summed E-state index contributed by atoms with van der Waals surface area (Å²) in [5.41, 5.74) is 7.51. The first kappa shape index (κ1) is 21.1. The lowest BCUT2D eigenvalue weighted by molar-refractivity contribution is 0.222. The van der Waals surface area contributed by atoms with Crippen LogP contribution in [0.25, 0.3) is 34.0 Å². The minimum Gasteiger partial charge on any atom is -0.507 e. The molecule has 5 heteroatoms. The predicted octanol–water partition coefficient (Wildman–Crippen LogP) is 6.46. The van der Waals surface area contributed by atoms with E-state index in [0.717, 1.165) is 46.6 Å². The van der Waals surface area contributed by atoms with Crippen LogP contribution in [0.3, 0.4) is 0 Å². The molecule has 3 aromatic carbocycles. The Labute approximate surface area is 199 Å². The summed E-state index contributed by atoms with van der Waals surface area (Å²) in [6.45, 7) is 4.35.